The highest BCUT2D eigenvalue weighted by Crippen LogP contribution is 2.09. The quantitative estimate of drug-likeness (QED) is 0.221. The lowest BCUT2D eigenvalue weighted by atomic mass is 10.1. The van der Waals surface area contributed by atoms with Crippen molar-refractivity contribution in [2.24, 2.45) is 5.73 Å². The normalized spacial score (nSPS) is 10.7. The predicted molar refractivity (Wildman–Crippen MR) is 129 cm³/mol. The molecule has 34 heavy (non-hydrogen) atoms. The van der Waals surface area contributed by atoms with E-state index in [1.165, 1.54) is 5.48 Å². The second-order valence-corrected chi connectivity index (χ2v) is 7.27. The number of nitrogens with two attached hydrogens (primary N) is 1. The van der Waals surface area contributed by atoms with Crippen LogP contribution in [0.3, 0.4) is 0 Å². The van der Waals surface area contributed by atoms with Gasteiger partial charge in [0, 0.05) is 28.9 Å². The number of likely N-dealkylation sites (N-methyl/N-ethyl adjacent to an activating group) is 1. The number of benzene rings is 2. The van der Waals surface area contributed by atoms with Crippen LogP contribution in [0.1, 0.15) is 28.4 Å². The van der Waals surface area contributed by atoms with Gasteiger partial charge in [-0.2, -0.15) is 0 Å². The second-order valence-electron chi connectivity index (χ2n) is 7.27. The molecule has 0 aliphatic heterocycles. The average Bonchev–Trinajstić information content (AvgIpc) is 2.85. The van der Waals surface area contributed by atoms with Crippen molar-refractivity contribution in [3.8, 4) is 23.7 Å². The first-order chi connectivity index (χ1) is 16.4. The molecule has 2 aromatic rings. The molecule has 0 saturated heterocycles. The van der Waals surface area contributed by atoms with Gasteiger partial charge in [-0.3, -0.25) is 24.5 Å². The third-order valence-electron chi connectivity index (χ3n) is 4.71. The van der Waals surface area contributed by atoms with E-state index in [9.17, 15) is 14.4 Å². The first-order valence-electron chi connectivity index (χ1n) is 10.5. The number of nitrogens with one attached hydrogen (secondary N) is 3. The fourth-order valence-corrected chi connectivity index (χ4v) is 2.66. The van der Waals surface area contributed by atoms with Gasteiger partial charge in [0.05, 0.1) is 6.54 Å². The molecule has 0 aliphatic carbocycles. The molecule has 0 saturated carbocycles. The summed E-state index contributed by atoms with van der Waals surface area (Å²) in [4.78, 5) is 37.4. The summed E-state index contributed by atoms with van der Waals surface area (Å²) in [5.41, 5.74) is 9.30. The highest BCUT2D eigenvalue weighted by atomic mass is 16.5. The van der Waals surface area contributed by atoms with E-state index < -0.39 is 17.9 Å². The molecular formula is C25H27N5O4. The Labute approximate surface area is 198 Å². The number of rotatable bonds is 8. The van der Waals surface area contributed by atoms with E-state index in [-0.39, 0.29) is 12.5 Å². The van der Waals surface area contributed by atoms with E-state index in [0.717, 1.165) is 12.1 Å². The molecule has 0 spiro atoms. The van der Waals surface area contributed by atoms with Crippen LogP contribution in [0.2, 0.25) is 0 Å². The van der Waals surface area contributed by atoms with E-state index >= 15 is 0 Å². The Balaban J connectivity index is 1.93. The van der Waals surface area contributed by atoms with Gasteiger partial charge >= 0.3 is 0 Å². The molecule has 9 heteroatoms. The highest BCUT2D eigenvalue weighted by molar-refractivity contribution is 5.97. The lowest BCUT2D eigenvalue weighted by molar-refractivity contribution is -0.130. The lowest BCUT2D eigenvalue weighted by Crippen LogP contribution is -2.50. The van der Waals surface area contributed by atoms with Crippen molar-refractivity contribution in [1.82, 2.24) is 15.7 Å². The number of hydrogen-bond donors (Lipinski definition) is 5. The smallest absolute Gasteiger partial charge is 0.267 e. The molecule has 0 unspecified atom stereocenters. The number of nitrogens with zero attached hydrogens (tertiary/aromatic N) is 1. The van der Waals surface area contributed by atoms with Crippen molar-refractivity contribution in [1.29, 1.82) is 0 Å². The Bertz CT molecular complexity index is 1120. The van der Waals surface area contributed by atoms with Crippen LogP contribution in [0.4, 0.5) is 5.69 Å². The number of carbonyl (C=O) groups is 3. The second kappa shape index (κ2) is 13.4. The summed E-state index contributed by atoms with van der Waals surface area (Å²) in [6, 6.07) is 12.5. The Morgan fingerprint density at radius 1 is 1.00 bits per heavy atom. The summed E-state index contributed by atoms with van der Waals surface area (Å²) in [7, 11) is 1.88. The molecule has 0 bridgehead atoms. The third kappa shape index (κ3) is 8.41. The molecule has 0 aliphatic rings. The van der Waals surface area contributed by atoms with Crippen molar-refractivity contribution in [2.75, 3.05) is 32.0 Å². The molecule has 2 aromatic carbocycles. The summed E-state index contributed by atoms with van der Waals surface area (Å²) in [6.45, 7) is 2.95. The molecule has 0 radical (unpaired) electrons. The minimum atomic E-state index is -1.04. The lowest BCUT2D eigenvalue weighted by Gasteiger charge is -2.14. The zero-order valence-electron chi connectivity index (χ0n) is 19.0. The van der Waals surface area contributed by atoms with Crippen LogP contribution >= 0.6 is 0 Å². The molecule has 0 heterocycles. The maximum Gasteiger partial charge on any atom is 0.267 e. The summed E-state index contributed by atoms with van der Waals surface area (Å²) < 4.78 is 0. The number of hydrogen-bond acceptors (Lipinski definition) is 6. The van der Waals surface area contributed by atoms with Gasteiger partial charge in [0.2, 0.25) is 5.91 Å². The fraction of sp³-hybridized carbons (Fsp3) is 0.240. The van der Waals surface area contributed by atoms with Crippen LogP contribution in [0.15, 0.2) is 48.5 Å². The maximum atomic E-state index is 12.2. The highest BCUT2D eigenvalue weighted by Gasteiger charge is 2.19. The van der Waals surface area contributed by atoms with Gasteiger partial charge in [-0.25, -0.2) is 5.48 Å². The maximum absolute atomic E-state index is 12.2. The Morgan fingerprint density at radius 3 is 2.06 bits per heavy atom. The molecule has 0 fully saturated rings. The molecule has 176 valence electrons. The molecular weight excluding hydrogens is 434 g/mol. The molecule has 9 nitrogen and oxygen atoms in total. The van der Waals surface area contributed by atoms with Crippen molar-refractivity contribution in [3.05, 3.63) is 65.2 Å². The number of hydroxylamine groups is 1. The van der Waals surface area contributed by atoms with E-state index in [4.69, 9.17) is 10.9 Å². The number of amides is 3. The summed E-state index contributed by atoms with van der Waals surface area (Å²) in [5.74, 6) is 9.96. The van der Waals surface area contributed by atoms with Crippen molar-refractivity contribution in [3.63, 3.8) is 0 Å². The first kappa shape index (κ1) is 26.1. The van der Waals surface area contributed by atoms with Crippen LogP contribution in [-0.2, 0) is 9.59 Å². The van der Waals surface area contributed by atoms with Crippen LogP contribution in [0, 0.1) is 23.7 Å². The molecule has 1 atom stereocenters. The van der Waals surface area contributed by atoms with Crippen molar-refractivity contribution in [2.45, 2.75) is 13.0 Å². The Morgan fingerprint density at radius 2 is 1.56 bits per heavy atom. The third-order valence-corrected chi connectivity index (χ3v) is 4.71. The summed E-state index contributed by atoms with van der Waals surface area (Å²) >= 11 is 0. The fourth-order valence-electron chi connectivity index (χ4n) is 2.66. The number of anilines is 1. The molecule has 3 amide bonds. The zero-order valence-corrected chi connectivity index (χ0v) is 19.0. The van der Waals surface area contributed by atoms with E-state index in [2.05, 4.69) is 34.3 Å². The molecule has 2 rings (SSSR count). The average molecular weight is 462 g/mol. The Kier molecular flexibility index (Phi) is 10.3. The van der Waals surface area contributed by atoms with Gasteiger partial charge in [0.25, 0.3) is 11.8 Å². The van der Waals surface area contributed by atoms with Gasteiger partial charge in [0.1, 0.15) is 6.04 Å². The summed E-state index contributed by atoms with van der Waals surface area (Å²) in [6.07, 6.45) is 0. The topological polar surface area (TPSA) is 137 Å². The number of carbonyl (C=O) groups excluding carboxylic acids is 3. The minimum absolute atomic E-state index is 0.0765. The predicted octanol–water partition coefficient (Wildman–Crippen LogP) is 0.543. The van der Waals surface area contributed by atoms with Crippen LogP contribution in [-0.4, -0.2) is 60.6 Å². The largest absolute Gasteiger partial charge is 0.339 e. The SMILES string of the molecule is CCN(C)CC(=O)Nc1ccc(C#CC#Cc2ccc(C(=O)N[C@@H](CN)C(=O)NO)cc2)cc1. The van der Waals surface area contributed by atoms with E-state index in [1.807, 2.05) is 18.9 Å². The van der Waals surface area contributed by atoms with E-state index in [0.29, 0.717) is 23.4 Å². The Hall–Kier alpha value is -4.15. The van der Waals surface area contributed by atoms with Crippen molar-refractivity contribution < 1.29 is 19.6 Å². The standard InChI is InChI=1S/C25H27N5O4/c1-3-30(2)17-23(31)27-21-14-10-19(11-15-21)7-5-4-6-18-8-12-20(13-9-18)24(32)28-22(16-26)25(33)29-34/h8-15,22,34H,3,16-17,26H2,1-2H3,(H,27,31)(H,28,32)(H,29,33)/t22-/m0/s1. The zero-order chi connectivity index (χ0) is 24.9. The molecule has 0 aromatic heterocycles. The monoisotopic (exact) mass is 461 g/mol. The van der Waals surface area contributed by atoms with Gasteiger partial charge in [-0.15, -0.1) is 0 Å². The van der Waals surface area contributed by atoms with Crippen LogP contribution < -0.4 is 21.8 Å². The van der Waals surface area contributed by atoms with Gasteiger partial charge < -0.3 is 16.4 Å². The van der Waals surface area contributed by atoms with Gasteiger partial charge in [0.15, 0.2) is 0 Å². The minimum Gasteiger partial charge on any atom is -0.339 e. The van der Waals surface area contributed by atoms with Crippen LogP contribution in [0.25, 0.3) is 0 Å². The first-order valence-corrected chi connectivity index (χ1v) is 10.5. The van der Waals surface area contributed by atoms with Gasteiger partial charge in [-0.1, -0.05) is 18.8 Å². The van der Waals surface area contributed by atoms with Crippen LogP contribution in [0.5, 0.6) is 0 Å². The van der Waals surface area contributed by atoms with Gasteiger partial charge in [-0.05, 0) is 74.0 Å². The molecule has 6 N–H and O–H groups in total. The van der Waals surface area contributed by atoms with Crippen molar-refractivity contribution >= 4 is 23.4 Å². The summed E-state index contributed by atoms with van der Waals surface area (Å²) in [5, 5.41) is 13.9. The van der Waals surface area contributed by atoms with E-state index in [1.54, 1.807) is 48.5 Å².